The molecule has 2 N–H and O–H groups in total. The van der Waals surface area contributed by atoms with Gasteiger partial charge in [-0.05, 0) is 29.2 Å². The van der Waals surface area contributed by atoms with Crippen LogP contribution in [0.25, 0.3) is 0 Å². The van der Waals surface area contributed by atoms with Crippen molar-refractivity contribution in [2.24, 2.45) is 0 Å². The Labute approximate surface area is 149 Å². The highest BCUT2D eigenvalue weighted by atomic mass is 16.5. The van der Waals surface area contributed by atoms with Gasteiger partial charge >= 0.3 is 0 Å². The van der Waals surface area contributed by atoms with Crippen LogP contribution in [-0.2, 0) is 10.2 Å². The van der Waals surface area contributed by atoms with Crippen LogP contribution in [0.1, 0.15) is 26.3 Å². The molecule has 134 valence electrons. The van der Waals surface area contributed by atoms with Crippen molar-refractivity contribution < 1.29 is 14.3 Å². The second kappa shape index (κ2) is 7.92. The number of para-hydroxylation sites is 1. The first-order valence-corrected chi connectivity index (χ1v) is 8.20. The van der Waals surface area contributed by atoms with Crippen molar-refractivity contribution >= 4 is 17.3 Å². The molecule has 2 aromatic rings. The predicted molar refractivity (Wildman–Crippen MR) is 102 cm³/mol. The summed E-state index contributed by atoms with van der Waals surface area (Å²) in [6.45, 7) is 6.63. The van der Waals surface area contributed by atoms with E-state index in [2.05, 4.69) is 37.5 Å². The first kappa shape index (κ1) is 18.6. The van der Waals surface area contributed by atoms with Gasteiger partial charge in [-0.1, -0.05) is 39.0 Å². The molecular weight excluding hydrogens is 316 g/mol. The number of methoxy groups -OCH3 is 2. The fourth-order valence-corrected chi connectivity index (χ4v) is 2.59. The Morgan fingerprint density at radius 3 is 2.32 bits per heavy atom. The molecule has 5 heteroatoms. The van der Waals surface area contributed by atoms with Crippen molar-refractivity contribution in [1.29, 1.82) is 0 Å². The van der Waals surface area contributed by atoms with Gasteiger partial charge in [0.25, 0.3) is 0 Å². The molecule has 0 aromatic heterocycles. The first-order valence-electron chi connectivity index (χ1n) is 8.20. The van der Waals surface area contributed by atoms with Gasteiger partial charge < -0.3 is 20.1 Å². The van der Waals surface area contributed by atoms with Crippen LogP contribution in [0.2, 0.25) is 0 Å². The zero-order valence-corrected chi connectivity index (χ0v) is 15.5. The number of hydrogen-bond acceptors (Lipinski definition) is 4. The number of anilines is 2. The molecule has 0 saturated heterocycles. The Bertz CT molecular complexity index is 736. The van der Waals surface area contributed by atoms with Gasteiger partial charge in [0.15, 0.2) is 11.5 Å². The van der Waals surface area contributed by atoms with Gasteiger partial charge in [0, 0.05) is 17.4 Å². The fraction of sp³-hybridized carbons (Fsp3) is 0.350. The summed E-state index contributed by atoms with van der Waals surface area (Å²) >= 11 is 0. The molecule has 0 radical (unpaired) electrons. The van der Waals surface area contributed by atoms with Gasteiger partial charge in [-0.25, -0.2) is 0 Å². The van der Waals surface area contributed by atoms with Crippen molar-refractivity contribution in [2.45, 2.75) is 26.2 Å². The van der Waals surface area contributed by atoms with E-state index in [0.717, 1.165) is 5.69 Å². The number of amides is 1. The number of rotatable bonds is 6. The molecular formula is C20H26N2O3. The van der Waals surface area contributed by atoms with Gasteiger partial charge in [0.1, 0.15) is 0 Å². The van der Waals surface area contributed by atoms with Crippen molar-refractivity contribution in [3.8, 4) is 11.5 Å². The Morgan fingerprint density at radius 2 is 1.68 bits per heavy atom. The van der Waals surface area contributed by atoms with Gasteiger partial charge in [-0.3, -0.25) is 4.79 Å². The Balaban J connectivity index is 2.03. The first-order chi connectivity index (χ1) is 11.8. The summed E-state index contributed by atoms with van der Waals surface area (Å²) in [4.78, 5) is 12.3. The molecule has 2 rings (SSSR count). The molecule has 0 aliphatic rings. The lowest BCUT2D eigenvalue weighted by molar-refractivity contribution is -0.114. The number of hydrogen-bond donors (Lipinski definition) is 2. The topological polar surface area (TPSA) is 59.6 Å². The monoisotopic (exact) mass is 342 g/mol. The minimum absolute atomic E-state index is 0.00339. The van der Waals surface area contributed by atoms with Gasteiger partial charge in [-0.2, -0.15) is 0 Å². The second-order valence-electron chi connectivity index (χ2n) is 6.77. The largest absolute Gasteiger partial charge is 0.493 e. The van der Waals surface area contributed by atoms with Gasteiger partial charge in [0.2, 0.25) is 5.91 Å². The maximum Gasteiger partial charge on any atom is 0.243 e. The SMILES string of the molecule is COc1ccc(NC(=O)CNc2ccccc2C(C)(C)C)cc1OC. The van der Waals surface area contributed by atoms with E-state index in [1.165, 1.54) is 5.56 Å². The highest BCUT2D eigenvalue weighted by molar-refractivity contribution is 5.94. The number of benzene rings is 2. The molecule has 25 heavy (non-hydrogen) atoms. The summed E-state index contributed by atoms with van der Waals surface area (Å²) in [5.74, 6) is 1.07. The van der Waals surface area contributed by atoms with Crippen LogP contribution in [0.4, 0.5) is 11.4 Å². The van der Waals surface area contributed by atoms with Crippen LogP contribution in [-0.4, -0.2) is 26.7 Å². The molecule has 0 heterocycles. The molecule has 0 spiro atoms. The standard InChI is InChI=1S/C20H26N2O3/c1-20(2,3)15-8-6-7-9-16(15)21-13-19(23)22-14-10-11-17(24-4)18(12-14)25-5/h6-12,21H,13H2,1-5H3,(H,22,23). The predicted octanol–water partition coefficient (Wildman–Crippen LogP) is 4.05. The van der Waals surface area contributed by atoms with Crippen molar-refractivity contribution in [3.05, 3.63) is 48.0 Å². The number of carbonyl (C=O) groups excluding carboxylic acids is 1. The molecule has 0 unspecified atom stereocenters. The minimum Gasteiger partial charge on any atom is -0.493 e. The van der Waals surface area contributed by atoms with Crippen LogP contribution >= 0.6 is 0 Å². The lowest BCUT2D eigenvalue weighted by Gasteiger charge is -2.23. The summed E-state index contributed by atoms with van der Waals surface area (Å²) in [6, 6.07) is 13.3. The highest BCUT2D eigenvalue weighted by Gasteiger charge is 2.17. The van der Waals surface area contributed by atoms with Crippen molar-refractivity contribution in [3.63, 3.8) is 0 Å². The summed E-state index contributed by atoms with van der Waals surface area (Å²) in [5, 5.41) is 6.08. The van der Waals surface area contributed by atoms with Crippen LogP contribution in [0.5, 0.6) is 11.5 Å². The summed E-state index contributed by atoms with van der Waals surface area (Å²) in [7, 11) is 3.14. The Hall–Kier alpha value is -2.69. The minimum atomic E-state index is -0.129. The second-order valence-corrected chi connectivity index (χ2v) is 6.77. The van der Waals surface area contributed by atoms with E-state index in [1.807, 2.05) is 18.2 Å². The summed E-state index contributed by atoms with van der Waals surface area (Å²) < 4.78 is 10.4. The molecule has 0 aliphatic carbocycles. The maximum atomic E-state index is 12.3. The van der Waals surface area contributed by atoms with E-state index in [1.54, 1.807) is 32.4 Å². The molecule has 2 aromatic carbocycles. The lowest BCUT2D eigenvalue weighted by atomic mass is 9.86. The van der Waals surface area contributed by atoms with Crippen LogP contribution < -0.4 is 20.1 Å². The van der Waals surface area contributed by atoms with E-state index in [4.69, 9.17) is 9.47 Å². The zero-order chi connectivity index (χ0) is 18.4. The van der Waals surface area contributed by atoms with E-state index in [-0.39, 0.29) is 17.9 Å². The molecule has 0 atom stereocenters. The molecule has 0 saturated carbocycles. The third-order valence-electron chi connectivity index (χ3n) is 3.84. The molecule has 5 nitrogen and oxygen atoms in total. The van der Waals surface area contributed by atoms with Crippen LogP contribution in [0.3, 0.4) is 0 Å². The third-order valence-corrected chi connectivity index (χ3v) is 3.84. The Kier molecular flexibility index (Phi) is 5.91. The number of carbonyl (C=O) groups is 1. The fourth-order valence-electron chi connectivity index (χ4n) is 2.59. The average molecular weight is 342 g/mol. The molecule has 1 amide bonds. The summed E-state index contributed by atoms with van der Waals surface area (Å²) in [5.41, 5.74) is 2.81. The van der Waals surface area contributed by atoms with Gasteiger partial charge in [0.05, 0.1) is 20.8 Å². The molecule has 0 bridgehead atoms. The highest BCUT2D eigenvalue weighted by Crippen LogP contribution is 2.30. The van der Waals surface area contributed by atoms with E-state index in [0.29, 0.717) is 17.2 Å². The maximum absolute atomic E-state index is 12.3. The Morgan fingerprint density at radius 1 is 1.00 bits per heavy atom. The number of nitrogens with one attached hydrogen (secondary N) is 2. The van der Waals surface area contributed by atoms with Crippen molar-refractivity contribution in [2.75, 3.05) is 31.4 Å². The molecule has 0 aliphatic heterocycles. The molecule has 0 fully saturated rings. The van der Waals surface area contributed by atoms with E-state index < -0.39 is 0 Å². The van der Waals surface area contributed by atoms with E-state index >= 15 is 0 Å². The van der Waals surface area contributed by atoms with Gasteiger partial charge in [-0.15, -0.1) is 0 Å². The number of ether oxygens (including phenoxy) is 2. The normalized spacial score (nSPS) is 10.9. The smallest absolute Gasteiger partial charge is 0.243 e. The van der Waals surface area contributed by atoms with E-state index in [9.17, 15) is 4.79 Å². The zero-order valence-electron chi connectivity index (χ0n) is 15.5. The van der Waals surface area contributed by atoms with Crippen LogP contribution in [0, 0.1) is 0 Å². The average Bonchev–Trinajstić information content (AvgIpc) is 2.59. The quantitative estimate of drug-likeness (QED) is 0.831. The summed E-state index contributed by atoms with van der Waals surface area (Å²) in [6.07, 6.45) is 0. The van der Waals surface area contributed by atoms with Crippen LogP contribution in [0.15, 0.2) is 42.5 Å². The third kappa shape index (κ3) is 4.89. The van der Waals surface area contributed by atoms with Crippen molar-refractivity contribution in [1.82, 2.24) is 0 Å². The lowest BCUT2D eigenvalue weighted by Crippen LogP contribution is -2.23.